The van der Waals surface area contributed by atoms with Crippen LogP contribution in [0.3, 0.4) is 0 Å². The zero-order chi connectivity index (χ0) is 16.8. The standard InChI is InChI=1S/C19H31N3O2/c1-24-19-4-2-3-17(15-19)16-21-7-5-18(6-8-21)22-11-9-20(10-12-22)13-14-23/h2-4,15,18,23H,5-14,16H2,1H3. The van der Waals surface area contributed by atoms with Gasteiger partial charge in [0.15, 0.2) is 0 Å². The molecular weight excluding hydrogens is 302 g/mol. The number of likely N-dealkylation sites (tertiary alicyclic amines) is 1. The molecule has 5 heteroatoms. The van der Waals surface area contributed by atoms with Crippen LogP contribution < -0.4 is 4.74 Å². The van der Waals surface area contributed by atoms with Crippen LogP contribution in [0.2, 0.25) is 0 Å². The highest BCUT2D eigenvalue weighted by Crippen LogP contribution is 2.21. The fraction of sp³-hybridized carbons (Fsp3) is 0.684. The maximum absolute atomic E-state index is 9.05. The minimum atomic E-state index is 0.280. The van der Waals surface area contributed by atoms with E-state index in [-0.39, 0.29) is 6.61 Å². The Morgan fingerprint density at radius 1 is 1.04 bits per heavy atom. The summed E-state index contributed by atoms with van der Waals surface area (Å²) in [6.07, 6.45) is 2.54. The molecule has 1 N–H and O–H groups in total. The summed E-state index contributed by atoms with van der Waals surface area (Å²) >= 11 is 0. The van der Waals surface area contributed by atoms with Crippen LogP contribution in [0.5, 0.6) is 5.75 Å². The first kappa shape index (κ1) is 17.7. The molecule has 134 valence electrons. The lowest BCUT2D eigenvalue weighted by atomic mass is 10.0. The van der Waals surface area contributed by atoms with Crippen molar-refractivity contribution in [1.82, 2.24) is 14.7 Å². The fourth-order valence-electron chi connectivity index (χ4n) is 3.97. The van der Waals surface area contributed by atoms with E-state index in [1.807, 2.05) is 6.07 Å². The number of nitrogens with zero attached hydrogens (tertiary/aromatic N) is 3. The second-order valence-electron chi connectivity index (χ2n) is 6.96. The highest BCUT2D eigenvalue weighted by molar-refractivity contribution is 5.28. The molecule has 1 aromatic carbocycles. The Bertz CT molecular complexity index is 495. The largest absolute Gasteiger partial charge is 0.497 e. The normalized spacial score (nSPS) is 21.9. The van der Waals surface area contributed by atoms with E-state index in [0.29, 0.717) is 0 Å². The lowest BCUT2D eigenvalue weighted by molar-refractivity contribution is 0.0516. The van der Waals surface area contributed by atoms with Crippen molar-refractivity contribution in [2.24, 2.45) is 0 Å². The van der Waals surface area contributed by atoms with E-state index >= 15 is 0 Å². The van der Waals surface area contributed by atoms with Crippen LogP contribution in [-0.2, 0) is 6.54 Å². The van der Waals surface area contributed by atoms with Crippen LogP contribution in [0, 0.1) is 0 Å². The monoisotopic (exact) mass is 333 g/mol. The van der Waals surface area contributed by atoms with Gasteiger partial charge in [-0.25, -0.2) is 0 Å². The zero-order valence-corrected chi connectivity index (χ0v) is 14.9. The van der Waals surface area contributed by atoms with E-state index in [4.69, 9.17) is 9.84 Å². The molecule has 0 amide bonds. The van der Waals surface area contributed by atoms with Crippen molar-refractivity contribution in [3.05, 3.63) is 29.8 Å². The summed E-state index contributed by atoms with van der Waals surface area (Å²) in [5.74, 6) is 0.947. The van der Waals surface area contributed by atoms with Crippen molar-refractivity contribution in [2.75, 3.05) is 59.5 Å². The molecule has 3 rings (SSSR count). The molecule has 0 spiro atoms. The maximum atomic E-state index is 9.05. The molecule has 24 heavy (non-hydrogen) atoms. The van der Waals surface area contributed by atoms with Gasteiger partial charge in [-0.15, -0.1) is 0 Å². The van der Waals surface area contributed by atoms with E-state index in [1.165, 1.54) is 31.5 Å². The number of hydrogen-bond acceptors (Lipinski definition) is 5. The van der Waals surface area contributed by atoms with Gasteiger partial charge in [-0.1, -0.05) is 12.1 Å². The highest BCUT2D eigenvalue weighted by Gasteiger charge is 2.27. The van der Waals surface area contributed by atoms with Gasteiger partial charge in [0.1, 0.15) is 5.75 Å². The van der Waals surface area contributed by atoms with Crippen LogP contribution in [0.15, 0.2) is 24.3 Å². The summed E-state index contributed by atoms with van der Waals surface area (Å²) in [7, 11) is 1.73. The number of benzene rings is 1. The van der Waals surface area contributed by atoms with Gasteiger partial charge in [-0.2, -0.15) is 0 Å². The number of piperazine rings is 1. The fourth-order valence-corrected chi connectivity index (χ4v) is 3.97. The van der Waals surface area contributed by atoms with Crippen molar-refractivity contribution < 1.29 is 9.84 Å². The van der Waals surface area contributed by atoms with Gasteiger partial charge in [0.2, 0.25) is 0 Å². The van der Waals surface area contributed by atoms with Crippen molar-refractivity contribution >= 4 is 0 Å². The number of aliphatic hydroxyl groups excluding tert-OH is 1. The molecule has 0 aliphatic carbocycles. The Hall–Kier alpha value is -1.14. The van der Waals surface area contributed by atoms with Gasteiger partial charge in [-0.05, 0) is 43.6 Å². The molecular formula is C19H31N3O2. The number of hydrogen-bond donors (Lipinski definition) is 1. The molecule has 2 aliphatic rings. The number of aliphatic hydroxyl groups is 1. The second-order valence-corrected chi connectivity index (χ2v) is 6.96. The summed E-state index contributed by atoms with van der Waals surface area (Å²) < 4.78 is 5.32. The summed E-state index contributed by atoms with van der Waals surface area (Å²) in [6, 6.07) is 9.16. The third-order valence-corrected chi connectivity index (χ3v) is 5.44. The number of methoxy groups -OCH3 is 1. The van der Waals surface area contributed by atoms with Gasteiger partial charge < -0.3 is 9.84 Å². The molecule has 1 aromatic rings. The van der Waals surface area contributed by atoms with Crippen molar-refractivity contribution in [3.63, 3.8) is 0 Å². The summed E-state index contributed by atoms with van der Waals surface area (Å²) in [5, 5.41) is 9.05. The smallest absolute Gasteiger partial charge is 0.119 e. The first-order valence-electron chi connectivity index (χ1n) is 9.21. The van der Waals surface area contributed by atoms with E-state index in [9.17, 15) is 0 Å². The van der Waals surface area contributed by atoms with Crippen LogP contribution >= 0.6 is 0 Å². The zero-order valence-electron chi connectivity index (χ0n) is 14.9. The number of rotatable bonds is 6. The Balaban J connectivity index is 1.42. The quantitative estimate of drug-likeness (QED) is 0.849. The summed E-state index contributed by atoms with van der Waals surface area (Å²) in [5.41, 5.74) is 1.34. The first-order chi connectivity index (χ1) is 11.8. The van der Waals surface area contributed by atoms with E-state index in [1.54, 1.807) is 7.11 Å². The third kappa shape index (κ3) is 4.70. The van der Waals surface area contributed by atoms with Crippen molar-refractivity contribution in [2.45, 2.75) is 25.4 Å². The Labute approximate surface area is 145 Å². The summed E-state index contributed by atoms with van der Waals surface area (Å²) in [4.78, 5) is 7.60. The van der Waals surface area contributed by atoms with Gasteiger partial charge in [0.25, 0.3) is 0 Å². The molecule has 2 fully saturated rings. The summed E-state index contributed by atoms with van der Waals surface area (Å²) in [6.45, 7) is 9.00. The van der Waals surface area contributed by atoms with Gasteiger partial charge in [0, 0.05) is 45.3 Å². The van der Waals surface area contributed by atoms with Gasteiger partial charge in [-0.3, -0.25) is 14.7 Å². The lowest BCUT2D eigenvalue weighted by Crippen LogP contribution is -2.53. The number of ether oxygens (including phenoxy) is 1. The molecule has 2 saturated heterocycles. The SMILES string of the molecule is COc1cccc(CN2CCC(N3CCN(CCO)CC3)CC2)c1. The Kier molecular flexibility index (Phi) is 6.49. The molecule has 0 atom stereocenters. The molecule has 5 nitrogen and oxygen atoms in total. The topological polar surface area (TPSA) is 39.2 Å². The second kappa shape index (κ2) is 8.81. The van der Waals surface area contributed by atoms with Gasteiger partial charge >= 0.3 is 0 Å². The molecule has 0 saturated carbocycles. The Morgan fingerprint density at radius 2 is 1.79 bits per heavy atom. The van der Waals surface area contributed by atoms with Crippen LogP contribution in [-0.4, -0.2) is 85.4 Å². The van der Waals surface area contributed by atoms with E-state index < -0.39 is 0 Å². The first-order valence-corrected chi connectivity index (χ1v) is 9.21. The predicted octanol–water partition coefficient (Wildman–Crippen LogP) is 1.27. The van der Waals surface area contributed by atoms with Crippen LogP contribution in [0.25, 0.3) is 0 Å². The average Bonchev–Trinajstić information content (AvgIpc) is 2.63. The molecule has 0 aromatic heterocycles. The minimum absolute atomic E-state index is 0.280. The number of piperidine rings is 1. The number of β-amino-alcohol motifs (C(OH)–C–C–N with tert-alkyl or cyclic N) is 1. The Morgan fingerprint density at radius 3 is 2.46 bits per heavy atom. The predicted molar refractivity (Wildman–Crippen MR) is 96.4 cm³/mol. The highest BCUT2D eigenvalue weighted by atomic mass is 16.5. The van der Waals surface area contributed by atoms with Gasteiger partial charge in [0.05, 0.1) is 13.7 Å². The molecule has 0 unspecified atom stereocenters. The van der Waals surface area contributed by atoms with E-state index in [0.717, 1.165) is 51.1 Å². The molecule has 2 heterocycles. The molecule has 0 radical (unpaired) electrons. The van der Waals surface area contributed by atoms with Crippen LogP contribution in [0.1, 0.15) is 18.4 Å². The minimum Gasteiger partial charge on any atom is -0.497 e. The average molecular weight is 333 g/mol. The molecule has 2 aliphatic heterocycles. The lowest BCUT2D eigenvalue weighted by Gasteiger charge is -2.42. The maximum Gasteiger partial charge on any atom is 0.119 e. The van der Waals surface area contributed by atoms with Crippen molar-refractivity contribution in [1.29, 1.82) is 0 Å². The van der Waals surface area contributed by atoms with Crippen LogP contribution in [0.4, 0.5) is 0 Å². The van der Waals surface area contributed by atoms with E-state index in [2.05, 4.69) is 32.9 Å². The molecule has 0 bridgehead atoms. The van der Waals surface area contributed by atoms with Crippen molar-refractivity contribution in [3.8, 4) is 5.75 Å². The third-order valence-electron chi connectivity index (χ3n) is 5.44.